The van der Waals surface area contributed by atoms with Crippen LogP contribution in [0.5, 0.6) is 0 Å². The Bertz CT molecular complexity index is 2290. The lowest BCUT2D eigenvalue weighted by molar-refractivity contribution is -0.276. The fourth-order valence-corrected chi connectivity index (χ4v) is 7.77. The molecule has 54 heavy (non-hydrogen) atoms. The molecule has 0 aromatic heterocycles. The molecule has 0 spiro atoms. The highest BCUT2D eigenvalue weighted by molar-refractivity contribution is 6.21. The van der Waals surface area contributed by atoms with Crippen molar-refractivity contribution in [2.75, 3.05) is 13.6 Å². The zero-order valence-electron chi connectivity index (χ0n) is 30.8. The van der Waals surface area contributed by atoms with Gasteiger partial charge in [0, 0.05) is 24.1 Å². The van der Waals surface area contributed by atoms with E-state index in [1.54, 1.807) is 24.3 Å². The van der Waals surface area contributed by atoms with Crippen molar-refractivity contribution in [3.05, 3.63) is 178 Å². The zero-order chi connectivity index (χ0) is 37.3. The molecule has 2 heterocycles. The minimum Gasteiger partial charge on any atom is -0.392 e. The lowest BCUT2D eigenvalue weighted by atomic mass is 9.89. The van der Waals surface area contributed by atoms with E-state index in [2.05, 4.69) is 80.4 Å². The fraction of sp³-hybridized carbons (Fsp3) is 0.234. The van der Waals surface area contributed by atoms with Crippen LogP contribution in [0.2, 0.25) is 0 Å². The fourth-order valence-electron chi connectivity index (χ4n) is 7.77. The first kappa shape index (κ1) is 35.6. The van der Waals surface area contributed by atoms with E-state index in [0.717, 1.165) is 33.4 Å². The number of likely N-dealkylation sites (N-methyl/N-ethyl adjacent to an activating group) is 1. The van der Waals surface area contributed by atoms with Crippen molar-refractivity contribution in [3.63, 3.8) is 0 Å². The molecule has 0 aliphatic carbocycles. The molecule has 0 unspecified atom stereocenters. The lowest BCUT2D eigenvalue weighted by Crippen LogP contribution is -2.44. The number of ether oxygens (including phenoxy) is 2. The van der Waals surface area contributed by atoms with Crippen LogP contribution in [0.4, 0.5) is 0 Å². The highest BCUT2D eigenvalue weighted by Gasteiger charge is 2.39. The van der Waals surface area contributed by atoms with Crippen molar-refractivity contribution < 1.29 is 24.2 Å². The molecule has 2 amide bonds. The van der Waals surface area contributed by atoms with Crippen molar-refractivity contribution >= 4 is 22.6 Å². The lowest BCUT2D eigenvalue weighted by Gasteiger charge is -2.43. The summed E-state index contributed by atoms with van der Waals surface area (Å²) >= 11 is 0. The predicted molar refractivity (Wildman–Crippen MR) is 210 cm³/mol. The van der Waals surface area contributed by atoms with Gasteiger partial charge in [0.2, 0.25) is 0 Å². The van der Waals surface area contributed by atoms with Crippen LogP contribution >= 0.6 is 0 Å². The number of hydrogen-bond donors (Lipinski definition) is 1. The summed E-state index contributed by atoms with van der Waals surface area (Å²) in [4.78, 5) is 29.8. The molecule has 6 aromatic rings. The zero-order valence-corrected chi connectivity index (χ0v) is 30.8. The molecule has 2 aliphatic rings. The molecule has 5 atom stereocenters. The monoisotopic (exact) mass is 716 g/mol. The smallest absolute Gasteiger partial charge is 0.261 e. The van der Waals surface area contributed by atoms with Gasteiger partial charge in [-0.2, -0.15) is 0 Å². The minimum absolute atomic E-state index is 0.0144. The van der Waals surface area contributed by atoms with Crippen molar-refractivity contribution in [2.45, 2.75) is 51.5 Å². The van der Waals surface area contributed by atoms with Crippen LogP contribution in [0, 0.1) is 5.92 Å². The van der Waals surface area contributed by atoms with Crippen molar-refractivity contribution in [1.29, 1.82) is 0 Å². The quantitative estimate of drug-likeness (QED) is 0.143. The molecule has 2 aliphatic heterocycles. The Morgan fingerprint density at radius 1 is 0.685 bits per heavy atom. The standard InChI is InChI=1S/C47H44N2O5/c1-30-43(28-48(3)31(2)36-23-22-34-11-4-5-12-38(34)25-36)53-47(54-44(30)35-20-18-32(29-50)19-21-35)40-15-9-14-39(26-40)37-13-8-10-33(24-37)27-49-45(51)41-16-6-7-17-42(41)46(49)52/h4-26,30-31,43-44,47,50H,27-29H2,1-3H3/t30-,31-,43+,44+,47+/m1/s1. The molecular weight excluding hydrogens is 673 g/mol. The van der Waals surface area contributed by atoms with Crippen molar-refractivity contribution in [3.8, 4) is 11.1 Å². The number of carbonyl (C=O) groups excluding carboxylic acids is 2. The van der Waals surface area contributed by atoms with Gasteiger partial charge in [0.1, 0.15) is 0 Å². The third-order valence-corrected chi connectivity index (χ3v) is 11.1. The molecule has 1 saturated heterocycles. The molecule has 8 rings (SSSR count). The molecule has 0 saturated carbocycles. The van der Waals surface area contributed by atoms with Gasteiger partial charge in [-0.05, 0) is 88.5 Å². The van der Waals surface area contributed by atoms with Crippen LogP contribution in [0.1, 0.15) is 80.8 Å². The van der Waals surface area contributed by atoms with Gasteiger partial charge in [-0.3, -0.25) is 19.4 Å². The van der Waals surface area contributed by atoms with E-state index in [9.17, 15) is 14.7 Å². The molecular formula is C47H44N2O5. The van der Waals surface area contributed by atoms with E-state index in [-0.39, 0.29) is 49.1 Å². The molecule has 7 nitrogen and oxygen atoms in total. The summed E-state index contributed by atoms with van der Waals surface area (Å²) in [7, 11) is 2.15. The second-order valence-electron chi connectivity index (χ2n) is 14.6. The SMILES string of the molecule is C[C@@H]1[C@H](CN(C)[C@H](C)c2ccc3ccccc3c2)O[C@H](c2cccc(-c3cccc(CN4C(=O)c5ccccc5C4=O)c3)c2)O[C@@H]1c1ccc(CO)cc1. The van der Waals surface area contributed by atoms with E-state index in [0.29, 0.717) is 17.7 Å². The Balaban J connectivity index is 1.05. The van der Waals surface area contributed by atoms with Gasteiger partial charge >= 0.3 is 0 Å². The maximum Gasteiger partial charge on any atom is 0.261 e. The molecule has 0 radical (unpaired) electrons. The van der Waals surface area contributed by atoms with E-state index < -0.39 is 6.29 Å². The minimum atomic E-state index is -0.625. The number of aliphatic hydroxyl groups is 1. The first-order valence-electron chi connectivity index (χ1n) is 18.6. The number of hydrogen-bond acceptors (Lipinski definition) is 6. The van der Waals surface area contributed by atoms with Gasteiger partial charge in [-0.25, -0.2) is 0 Å². The summed E-state index contributed by atoms with van der Waals surface area (Å²) in [6, 6.07) is 46.4. The van der Waals surface area contributed by atoms with E-state index in [1.807, 2.05) is 60.7 Å². The van der Waals surface area contributed by atoms with E-state index >= 15 is 0 Å². The van der Waals surface area contributed by atoms with Gasteiger partial charge in [0.25, 0.3) is 11.8 Å². The van der Waals surface area contributed by atoms with Crippen LogP contribution in [-0.4, -0.2) is 46.4 Å². The van der Waals surface area contributed by atoms with Crippen LogP contribution in [0.25, 0.3) is 21.9 Å². The Morgan fingerprint density at radius 2 is 1.35 bits per heavy atom. The summed E-state index contributed by atoms with van der Waals surface area (Å²) in [5.74, 6) is -0.498. The Hall–Kier alpha value is -5.44. The summed E-state index contributed by atoms with van der Waals surface area (Å²) < 4.78 is 13.7. The average Bonchev–Trinajstić information content (AvgIpc) is 3.45. The predicted octanol–water partition coefficient (Wildman–Crippen LogP) is 9.28. The number of aliphatic hydroxyl groups excluding tert-OH is 1. The third-order valence-electron chi connectivity index (χ3n) is 11.1. The Labute approximate surface area is 316 Å². The van der Waals surface area contributed by atoms with Crippen LogP contribution < -0.4 is 0 Å². The molecule has 1 N–H and O–H groups in total. The topological polar surface area (TPSA) is 79.3 Å². The van der Waals surface area contributed by atoms with Crippen molar-refractivity contribution in [2.24, 2.45) is 5.92 Å². The number of amides is 2. The van der Waals surface area contributed by atoms with Gasteiger partial charge in [-0.1, -0.05) is 116 Å². The maximum atomic E-state index is 13.1. The van der Waals surface area contributed by atoms with Crippen LogP contribution in [0.15, 0.2) is 140 Å². The second-order valence-corrected chi connectivity index (χ2v) is 14.6. The first-order chi connectivity index (χ1) is 26.3. The molecule has 7 heteroatoms. The summed E-state index contributed by atoms with van der Waals surface area (Å²) in [6.45, 7) is 5.30. The van der Waals surface area contributed by atoms with Gasteiger partial charge < -0.3 is 14.6 Å². The van der Waals surface area contributed by atoms with E-state index in [1.165, 1.54) is 21.2 Å². The second kappa shape index (κ2) is 15.1. The van der Waals surface area contributed by atoms with Crippen LogP contribution in [0.3, 0.4) is 0 Å². The van der Waals surface area contributed by atoms with Gasteiger partial charge in [0.05, 0.1) is 36.5 Å². The average molecular weight is 717 g/mol. The number of nitrogens with zero attached hydrogens (tertiary/aromatic N) is 2. The summed E-state index contributed by atoms with van der Waals surface area (Å²) in [5.41, 5.74) is 7.75. The largest absolute Gasteiger partial charge is 0.392 e. The summed E-state index contributed by atoms with van der Waals surface area (Å²) in [6.07, 6.45) is -1.01. The first-order valence-corrected chi connectivity index (χ1v) is 18.6. The number of benzene rings is 6. The Morgan fingerprint density at radius 3 is 2.07 bits per heavy atom. The number of carbonyl (C=O) groups is 2. The van der Waals surface area contributed by atoms with Crippen LogP contribution in [-0.2, 0) is 22.6 Å². The number of rotatable bonds is 10. The highest BCUT2D eigenvalue weighted by atomic mass is 16.7. The Kier molecular flexibility index (Phi) is 9.97. The van der Waals surface area contributed by atoms with Gasteiger partial charge in [-0.15, -0.1) is 0 Å². The molecule has 1 fully saturated rings. The summed E-state index contributed by atoms with van der Waals surface area (Å²) in [5, 5.41) is 12.2. The highest BCUT2D eigenvalue weighted by Crippen LogP contribution is 2.43. The maximum absolute atomic E-state index is 13.1. The third kappa shape index (κ3) is 6.99. The normalized spacial score (nSPS) is 20.4. The molecule has 272 valence electrons. The number of imide groups is 1. The van der Waals surface area contributed by atoms with Gasteiger partial charge in [0.15, 0.2) is 6.29 Å². The van der Waals surface area contributed by atoms with Crippen molar-refractivity contribution in [1.82, 2.24) is 9.80 Å². The molecule has 6 aromatic carbocycles. The number of fused-ring (bicyclic) bond motifs is 2. The molecule has 0 bridgehead atoms. The van der Waals surface area contributed by atoms with E-state index in [4.69, 9.17) is 9.47 Å².